The van der Waals surface area contributed by atoms with Gasteiger partial charge in [0, 0.05) is 37.4 Å². The zero-order valence-corrected chi connectivity index (χ0v) is 18.9. The Kier molecular flexibility index (Phi) is 6.64. The van der Waals surface area contributed by atoms with Crippen LogP contribution >= 0.6 is 11.6 Å². The molecular formula is C23H20ClF2N3O3S. The fourth-order valence-corrected chi connectivity index (χ4v) is 5.25. The Balaban J connectivity index is 1.47. The van der Waals surface area contributed by atoms with Gasteiger partial charge < -0.3 is 10.2 Å². The van der Waals surface area contributed by atoms with Crippen molar-refractivity contribution in [1.29, 1.82) is 0 Å². The average molecular weight is 492 g/mol. The third-order valence-electron chi connectivity index (χ3n) is 5.34. The highest BCUT2D eigenvalue weighted by Gasteiger charge is 2.29. The summed E-state index contributed by atoms with van der Waals surface area (Å²) in [5, 5.41) is 2.59. The molecule has 1 aliphatic rings. The predicted molar refractivity (Wildman–Crippen MR) is 123 cm³/mol. The number of carbonyl (C=O) groups excluding carboxylic acids is 1. The molecule has 3 aromatic carbocycles. The van der Waals surface area contributed by atoms with Gasteiger partial charge in [0.05, 0.1) is 15.6 Å². The van der Waals surface area contributed by atoms with Crippen LogP contribution in [0.15, 0.2) is 71.6 Å². The Morgan fingerprint density at radius 1 is 0.879 bits per heavy atom. The van der Waals surface area contributed by atoms with E-state index in [1.165, 1.54) is 46.8 Å². The molecule has 6 nitrogen and oxygen atoms in total. The van der Waals surface area contributed by atoms with Gasteiger partial charge in [0.1, 0.15) is 11.6 Å². The lowest BCUT2D eigenvalue weighted by molar-refractivity contribution is 0.102. The SMILES string of the molecule is O=C(Nc1ccc(F)cc1Cl)c1cccc(S(=O)(=O)N2CCN(c3ccc(F)cc3)CC2)c1. The highest BCUT2D eigenvalue weighted by atomic mass is 35.5. The number of halogens is 3. The molecule has 0 radical (unpaired) electrons. The average Bonchev–Trinajstić information content (AvgIpc) is 2.81. The third-order valence-corrected chi connectivity index (χ3v) is 7.55. The molecule has 33 heavy (non-hydrogen) atoms. The topological polar surface area (TPSA) is 69.7 Å². The number of carbonyl (C=O) groups is 1. The minimum atomic E-state index is -3.83. The maximum atomic E-state index is 13.2. The fraction of sp³-hybridized carbons (Fsp3) is 0.174. The molecule has 3 aromatic rings. The first-order valence-electron chi connectivity index (χ1n) is 10.1. The lowest BCUT2D eigenvalue weighted by Crippen LogP contribution is -2.48. The van der Waals surface area contributed by atoms with Crippen molar-refractivity contribution in [2.24, 2.45) is 0 Å². The molecule has 0 unspecified atom stereocenters. The van der Waals surface area contributed by atoms with E-state index in [0.717, 1.165) is 17.8 Å². The van der Waals surface area contributed by atoms with Gasteiger partial charge in [-0.1, -0.05) is 17.7 Å². The molecule has 1 fully saturated rings. The Bertz CT molecular complexity index is 1280. The van der Waals surface area contributed by atoms with Crippen LogP contribution in [-0.4, -0.2) is 44.8 Å². The van der Waals surface area contributed by atoms with Crippen LogP contribution < -0.4 is 10.2 Å². The van der Waals surface area contributed by atoms with Crippen LogP contribution in [0.25, 0.3) is 0 Å². The molecule has 0 saturated carbocycles. The van der Waals surface area contributed by atoms with Gasteiger partial charge >= 0.3 is 0 Å². The van der Waals surface area contributed by atoms with Crippen molar-refractivity contribution in [1.82, 2.24) is 4.31 Å². The molecule has 1 heterocycles. The van der Waals surface area contributed by atoms with Crippen LogP contribution in [0.3, 0.4) is 0 Å². The van der Waals surface area contributed by atoms with Gasteiger partial charge in [0.2, 0.25) is 10.0 Å². The van der Waals surface area contributed by atoms with Gasteiger partial charge in [-0.2, -0.15) is 4.31 Å². The second-order valence-corrected chi connectivity index (χ2v) is 9.82. The number of amides is 1. The summed E-state index contributed by atoms with van der Waals surface area (Å²) >= 11 is 5.95. The number of piperazine rings is 1. The molecule has 1 N–H and O–H groups in total. The molecule has 10 heteroatoms. The van der Waals surface area contributed by atoms with E-state index >= 15 is 0 Å². The summed E-state index contributed by atoms with van der Waals surface area (Å²) in [6, 6.07) is 15.3. The molecule has 4 rings (SSSR count). The van der Waals surface area contributed by atoms with Gasteiger partial charge in [-0.25, -0.2) is 17.2 Å². The highest BCUT2D eigenvalue weighted by Crippen LogP contribution is 2.25. The maximum absolute atomic E-state index is 13.2. The first kappa shape index (κ1) is 23.2. The van der Waals surface area contributed by atoms with Crippen LogP contribution in [0, 0.1) is 11.6 Å². The monoisotopic (exact) mass is 491 g/mol. The smallest absolute Gasteiger partial charge is 0.255 e. The number of benzene rings is 3. The molecule has 0 aromatic heterocycles. The van der Waals surface area contributed by atoms with Crippen molar-refractivity contribution in [2.45, 2.75) is 4.90 Å². The minimum absolute atomic E-state index is 0.00409. The quantitative estimate of drug-likeness (QED) is 0.575. The van der Waals surface area contributed by atoms with Gasteiger partial charge in [-0.05, 0) is 60.7 Å². The Hall–Kier alpha value is -3.01. The van der Waals surface area contributed by atoms with Crippen molar-refractivity contribution < 1.29 is 22.0 Å². The van der Waals surface area contributed by atoms with Crippen LogP contribution in [-0.2, 0) is 10.0 Å². The van der Waals surface area contributed by atoms with Crippen LogP contribution in [0.1, 0.15) is 10.4 Å². The Labute approximate surface area is 195 Å². The van der Waals surface area contributed by atoms with Crippen LogP contribution in [0.5, 0.6) is 0 Å². The van der Waals surface area contributed by atoms with Crippen LogP contribution in [0.2, 0.25) is 5.02 Å². The maximum Gasteiger partial charge on any atom is 0.255 e. The first-order chi connectivity index (χ1) is 15.7. The number of hydrogen-bond acceptors (Lipinski definition) is 4. The van der Waals surface area contributed by atoms with Crippen molar-refractivity contribution in [2.75, 3.05) is 36.4 Å². The molecule has 1 saturated heterocycles. The van der Waals surface area contributed by atoms with Gasteiger partial charge in [0.25, 0.3) is 5.91 Å². The fourth-order valence-electron chi connectivity index (χ4n) is 3.57. The Morgan fingerprint density at radius 3 is 2.21 bits per heavy atom. The molecule has 1 amide bonds. The predicted octanol–water partition coefficient (Wildman–Crippen LogP) is 4.38. The van der Waals surface area contributed by atoms with E-state index < -0.39 is 21.7 Å². The minimum Gasteiger partial charge on any atom is -0.369 e. The van der Waals surface area contributed by atoms with Gasteiger partial charge in [-0.3, -0.25) is 4.79 Å². The van der Waals surface area contributed by atoms with E-state index in [2.05, 4.69) is 5.32 Å². The number of sulfonamides is 1. The van der Waals surface area contributed by atoms with E-state index in [4.69, 9.17) is 11.6 Å². The zero-order chi connectivity index (χ0) is 23.6. The highest BCUT2D eigenvalue weighted by molar-refractivity contribution is 7.89. The summed E-state index contributed by atoms with van der Waals surface area (Å²) < 4.78 is 54.1. The van der Waals surface area contributed by atoms with Crippen molar-refractivity contribution >= 4 is 38.9 Å². The summed E-state index contributed by atoms with van der Waals surface area (Å²) in [6.07, 6.45) is 0. The van der Waals surface area contributed by atoms with Gasteiger partial charge in [-0.15, -0.1) is 0 Å². The van der Waals surface area contributed by atoms with Crippen molar-refractivity contribution in [3.05, 3.63) is 89.0 Å². The molecule has 0 aliphatic carbocycles. The standard InChI is InChI=1S/C23H20ClF2N3O3S/c24-21-15-18(26)6-9-22(21)27-23(30)16-2-1-3-20(14-16)33(31,32)29-12-10-28(11-13-29)19-7-4-17(25)5-8-19/h1-9,14-15H,10-13H2,(H,27,30). The summed E-state index contributed by atoms with van der Waals surface area (Å²) in [5.74, 6) is -1.43. The molecule has 0 atom stereocenters. The number of hydrogen-bond donors (Lipinski definition) is 1. The van der Waals surface area contributed by atoms with E-state index in [1.807, 2.05) is 4.90 Å². The molecule has 0 bridgehead atoms. The normalized spacial score (nSPS) is 14.8. The number of nitrogens with one attached hydrogen (secondary N) is 1. The van der Waals surface area contributed by atoms with Crippen molar-refractivity contribution in [3.63, 3.8) is 0 Å². The lowest BCUT2D eigenvalue weighted by atomic mass is 10.2. The third kappa shape index (κ3) is 5.16. The number of anilines is 2. The van der Waals surface area contributed by atoms with E-state index in [9.17, 15) is 22.0 Å². The molecule has 172 valence electrons. The summed E-state index contributed by atoms with van der Waals surface area (Å²) in [6.45, 7) is 1.41. The number of rotatable bonds is 5. The van der Waals surface area contributed by atoms with E-state index in [0.29, 0.717) is 13.1 Å². The first-order valence-corrected chi connectivity index (χ1v) is 11.9. The van der Waals surface area contributed by atoms with Crippen molar-refractivity contribution in [3.8, 4) is 0 Å². The Morgan fingerprint density at radius 2 is 1.55 bits per heavy atom. The second-order valence-electron chi connectivity index (χ2n) is 7.47. The summed E-state index contributed by atoms with van der Waals surface area (Å²) in [5.41, 5.74) is 1.17. The molecule has 0 spiro atoms. The molecule has 1 aliphatic heterocycles. The summed E-state index contributed by atoms with van der Waals surface area (Å²) in [4.78, 5) is 14.6. The van der Waals surface area contributed by atoms with E-state index in [-0.39, 0.29) is 40.1 Å². The largest absolute Gasteiger partial charge is 0.369 e. The number of nitrogens with zero attached hydrogens (tertiary/aromatic N) is 2. The lowest BCUT2D eigenvalue weighted by Gasteiger charge is -2.35. The van der Waals surface area contributed by atoms with Gasteiger partial charge in [0.15, 0.2) is 0 Å². The van der Waals surface area contributed by atoms with E-state index in [1.54, 1.807) is 12.1 Å². The second kappa shape index (κ2) is 9.46. The summed E-state index contributed by atoms with van der Waals surface area (Å²) in [7, 11) is -3.83. The molecular weight excluding hydrogens is 472 g/mol. The van der Waals surface area contributed by atoms with Crippen LogP contribution in [0.4, 0.5) is 20.2 Å². The zero-order valence-electron chi connectivity index (χ0n) is 17.3.